The van der Waals surface area contributed by atoms with Crippen molar-refractivity contribution in [3.63, 3.8) is 0 Å². The van der Waals surface area contributed by atoms with Crippen LogP contribution in [0, 0.1) is 0 Å². The van der Waals surface area contributed by atoms with Gasteiger partial charge in [-0.1, -0.05) is 12.1 Å². The number of nitrogens with one attached hydrogen (secondary N) is 1. The van der Waals surface area contributed by atoms with Crippen molar-refractivity contribution in [2.75, 3.05) is 18.9 Å². The van der Waals surface area contributed by atoms with Crippen molar-refractivity contribution in [2.24, 2.45) is 0 Å². The van der Waals surface area contributed by atoms with Gasteiger partial charge in [-0.3, -0.25) is 14.5 Å². The standard InChI is InChI=1S/C17H21N3O4S/c1-12(2)20(3)17(21)13-7-5-6-8-16(13)25(22,23)19-14-11-18-10-9-15(14)24-4/h5-12,19H,1-4H3. The Morgan fingerprint density at radius 3 is 2.56 bits per heavy atom. The van der Waals surface area contributed by atoms with Crippen LogP contribution in [-0.4, -0.2) is 44.4 Å². The number of ether oxygens (including phenoxy) is 1. The number of benzene rings is 1. The van der Waals surface area contributed by atoms with Crippen LogP contribution in [0.2, 0.25) is 0 Å². The average Bonchev–Trinajstić information content (AvgIpc) is 2.60. The second-order valence-electron chi connectivity index (χ2n) is 5.69. The molecule has 0 atom stereocenters. The topological polar surface area (TPSA) is 88.6 Å². The summed E-state index contributed by atoms with van der Waals surface area (Å²) in [6.07, 6.45) is 2.84. The van der Waals surface area contributed by atoms with Crippen LogP contribution in [0.1, 0.15) is 24.2 Å². The van der Waals surface area contributed by atoms with Gasteiger partial charge in [0.1, 0.15) is 16.3 Å². The normalized spacial score (nSPS) is 11.2. The number of pyridine rings is 1. The van der Waals surface area contributed by atoms with Crippen LogP contribution in [-0.2, 0) is 10.0 Å². The molecule has 1 aromatic heterocycles. The minimum Gasteiger partial charge on any atom is -0.494 e. The number of carbonyl (C=O) groups is 1. The van der Waals surface area contributed by atoms with Crippen molar-refractivity contribution in [3.8, 4) is 5.75 Å². The molecule has 2 rings (SSSR count). The molecule has 1 amide bonds. The zero-order valence-corrected chi connectivity index (χ0v) is 15.4. The molecule has 0 aliphatic rings. The van der Waals surface area contributed by atoms with E-state index in [1.54, 1.807) is 25.2 Å². The van der Waals surface area contributed by atoms with E-state index < -0.39 is 10.0 Å². The Kier molecular flexibility index (Phi) is 5.63. The molecule has 1 heterocycles. The summed E-state index contributed by atoms with van der Waals surface area (Å²) in [5.41, 5.74) is 0.304. The largest absolute Gasteiger partial charge is 0.494 e. The highest BCUT2D eigenvalue weighted by Crippen LogP contribution is 2.26. The fourth-order valence-electron chi connectivity index (χ4n) is 2.14. The maximum Gasteiger partial charge on any atom is 0.262 e. The number of nitrogens with zero attached hydrogens (tertiary/aromatic N) is 2. The van der Waals surface area contributed by atoms with E-state index in [2.05, 4.69) is 9.71 Å². The van der Waals surface area contributed by atoms with Gasteiger partial charge >= 0.3 is 0 Å². The minimum atomic E-state index is -4.00. The maximum atomic E-state index is 12.8. The van der Waals surface area contributed by atoms with Crippen molar-refractivity contribution < 1.29 is 17.9 Å². The summed E-state index contributed by atoms with van der Waals surface area (Å²) in [7, 11) is -0.933. The van der Waals surface area contributed by atoms with E-state index in [4.69, 9.17) is 4.74 Å². The smallest absolute Gasteiger partial charge is 0.262 e. The summed E-state index contributed by atoms with van der Waals surface area (Å²) in [6.45, 7) is 3.71. The van der Waals surface area contributed by atoms with E-state index in [0.29, 0.717) is 5.75 Å². The molecule has 0 unspecified atom stereocenters. The Balaban J connectivity index is 2.45. The number of anilines is 1. The third kappa shape index (κ3) is 4.08. The lowest BCUT2D eigenvalue weighted by Gasteiger charge is -2.23. The summed E-state index contributed by atoms with van der Waals surface area (Å²) >= 11 is 0. The number of rotatable bonds is 6. The molecule has 0 radical (unpaired) electrons. The molecular weight excluding hydrogens is 342 g/mol. The second-order valence-corrected chi connectivity index (χ2v) is 7.34. The van der Waals surface area contributed by atoms with Crippen molar-refractivity contribution in [2.45, 2.75) is 24.8 Å². The van der Waals surface area contributed by atoms with E-state index in [0.717, 1.165) is 0 Å². The quantitative estimate of drug-likeness (QED) is 0.851. The first kappa shape index (κ1) is 18.7. The second kappa shape index (κ2) is 7.52. The van der Waals surface area contributed by atoms with Gasteiger partial charge in [0, 0.05) is 25.4 Å². The average molecular weight is 363 g/mol. The van der Waals surface area contributed by atoms with Gasteiger partial charge in [0.15, 0.2) is 0 Å². The molecule has 0 aliphatic heterocycles. The molecule has 1 aromatic carbocycles. The zero-order valence-electron chi connectivity index (χ0n) is 14.6. The number of hydrogen-bond donors (Lipinski definition) is 1. The first-order valence-corrected chi connectivity index (χ1v) is 9.13. The molecule has 0 bridgehead atoms. The number of sulfonamides is 1. The summed E-state index contributed by atoms with van der Waals surface area (Å²) in [5, 5.41) is 0. The highest BCUT2D eigenvalue weighted by molar-refractivity contribution is 7.92. The maximum absolute atomic E-state index is 12.8. The van der Waals surface area contributed by atoms with E-state index in [9.17, 15) is 13.2 Å². The van der Waals surface area contributed by atoms with Crippen LogP contribution in [0.5, 0.6) is 5.75 Å². The molecule has 0 spiro atoms. The molecule has 25 heavy (non-hydrogen) atoms. The fourth-order valence-corrected chi connectivity index (χ4v) is 3.39. The fraction of sp³-hybridized carbons (Fsp3) is 0.294. The molecular formula is C17H21N3O4S. The molecule has 0 saturated heterocycles. The molecule has 0 aliphatic carbocycles. The van der Waals surface area contributed by atoms with Crippen LogP contribution < -0.4 is 9.46 Å². The Morgan fingerprint density at radius 2 is 1.92 bits per heavy atom. The Morgan fingerprint density at radius 1 is 1.24 bits per heavy atom. The number of amides is 1. The molecule has 7 nitrogen and oxygen atoms in total. The van der Waals surface area contributed by atoms with Crippen molar-refractivity contribution in [1.29, 1.82) is 0 Å². The number of hydrogen-bond acceptors (Lipinski definition) is 5. The van der Waals surface area contributed by atoms with Gasteiger partial charge in [0.2, 0.25) is 0 Å². The predicted octanol–water partition coefficient (Wildman–Crippen LogP) is 2.37. The van der Waals surface area contributed by atoms with Crippen molar-refractivity contribution >= 4 is 21.6 Å². The summed E-state index contributed by atoms with van der Waals surface area (Å²) < 4.78 is 33.2. The van der Waals surface area contributed by atoms with Crippen molar-refractivity contribution in [1.82, 2.24) is 9.88 Å². The SMILES string of the molecule is COc1ccncc1NS(=O)(=O)c1ccccc1C(=O)N(C)C(C)C. The Hall–Kier alpha value is -2.61. The highest BCUT2D eigenvalue weighted by Gasteiger charge is 2.25. The highest BCUT2D eigenvalue weighted by atomic mass is 32.2. The lowest BCUT2D eigenvalue weighted by atomic mass is 10.2. The van der Waals surface area contributed by atoms with Gasteiger partial charge in [-0.05, 0) is 26.0 Å². The lowest BCUT2D eigenvalue weighted by molar-refractivity contribution is 0.0751. The lowest BCUT2D eigenvalue weighted by Crippen LogP contribution is -2.34. The first-order chi connectivity index (χ1) is 11.8. The zero-order chi connectivity index (χ0) is 18.6. The van der Waals surface area contributed by atoms with Gasteiger partial charge in [0.25, 0.3) is 15.9 Å². The molecule has 0 fully saturated rings. The van der Waals surface area contributed by atoms with Crippen LogP contribution >= 0.6 is 0 Å². The number of methoxy groups -OCH3 is 1. The van der Waals surface area contributed by atoms with E-state index in [-0.39, 0.29) is 28.1 Å². The van der Waals surface area contributed by atoms with E-state index >= 15 is 0 Å². The third-order valence-corrected chi connectivity index (χ3v) is 5.17. The summed E-state index contributed by atoms with van der Waals surface area (Å²) in [4.78, 5) is 17.9. The number of carbonyl (C=O) groups excluding carboxylic acids is 1. The molecule has 0 saturated carbocycles. The van der Waals surface area contributed by atoms with Gasteiger partial charge in [-0.15, -0.1) is 0 Å². The monoisotopic (exact) mass is 363 g/mol. The Bertz CT molecular complexity index is 866. The van der Waals surface area contributed by atoms with Crippen molar-refractivity contribution in [3.05, 3.63) is 48.3 Å². The third-order valence-electron chi connectivity index (χ3n) is 3.75. The molecule has 1 N–H and O–H groups in total. The van der Waals surface area contributed by atoms with Gasteiger partial charge in [-0.25, -0.2) is 8.42 Å². The molecule has 2 aromatic rings. The minimum absolute atomic E-state index is 0.0605. The molecule has 134 valence electrons. The van der Waals surface area contributed by atoms with Gasteiger partial charge in [-0.2, -0.15) is 0 Å². The van der Waals surface area contributed by atoms with Crippen LogP contribution in [0.15, 0.2) is 47.6 Å². The van der Waals surface area contributed by atoms with Crippen LogP contribution in [0.4, 0.5) is 5.69 Å². The first-order valence-electron chi connectivity index (χ1n) is 7.65. The number of aromatic nitrogens is 1. The predicted molar refractivity (Wildman–Crippen MR) is 95.3 cm³/mol. The van der Waals surface area contributed by atoms with Gasteiger partial charge < -0.3 is 9.64 Å². The van der Waals surface area contributed by atoms with E-state index in [1.165, 1.54) is 36.5 Å². The van der Waals surface area contributed by atoms with E-state index in [1.807, 2.05) is 13.8 Å². The van der Waals surface area contributed by atoms with Crippen LogP contribution in [0.25, 0.3) is 0 Å². The molecule has 8 heteroatoms. The Labute approximate surface area is 147 Å². The van der Waals surface area contributed by atoms with Crippen LogP contribution in [0.3, 0.4) is 0 Å². The van der Waals surface area contributed by atoms with Gasteiger partial charge in [0.05, 0.1) is 18.9 Å². The summed E-state index contributed by atoms with van der Waals surface area (Å²) in [5.74, 6) is -0.0317. The summed E-state index contributed by atoms with van der Waals surface area (Å²) in [6, 6.07) is 7.57.